The van der Waals surface area contributed by atoms with Crippen LogP contribution in [0, 0.1) is 16.9 Å². The molecule has 0 radical (unpaired) electrons. The Morgan fingerprint density at radius 2 is 2.50 bits per heavy atom. The molecule has 0 aliphatic carbocycles. The van der Waals surface area contributed by atoms with E-state index in [9.17, 15) is 0 Å². The largest absolute Gasteiger partial charge is 0.209 e. The lowest BCUT2D eigenvalue weighted by atomic mass is 10.4. The molecule has 3 nitrogen and oxygen atoms in total. The van der Waals surface area contributed by atoms with Crippen molar-refractivity contribution in [2.24, 2.45) is 5.11 Å². The minimum Gasteiger partial charge on any atom is -0.209 e. The average Bonchev–Trinajstić information content (AvgIpc) is 1.65. The summed E-state index contributed by atoms with van der Waals surface area (Å²) >= 11 is 0. The van der Waals surface area contributed by atoms with Crippen molar-refractivity contribution >= 4 is 0 Å². The van der Waals surface area contributed by atoms with Crippen molar-refractivity contribution in [1.29, 1.82) is 10.8 Å². The first-order chi connectivity index (χ1) is 2.81. The normalized spacial score (nSPS) is 12.0. The Kier molecular flexibility index (Phi) is 1.98. The van der Waals surface area contributed by atoms with Crippen molar-refractivity contribution in [2.75, 3.05) is 0 Å². The van der Waals surface area contributed by atoms with Gasteiger partial charge in [-0.15, -0.1) is 0 Å². The van der Waals surface area contributed by atoms with Gasteiger partial charge in [0.25, 0.3) is 0 Å². The topological polar surface area (TPSA) is 60.0 Å². The smallest absolute Gasteiger partial charge is 0.154 e. The molecule has 0 saturated carbocycles. The third-order valence-electron chi connectivity index (χ3n) is 0.380. The first kappa shape index (κ1) is 5.09. The second-order valence-electron chi connectivity index (χ2n) is 0.934. The van der Waals surface area contributed by atoms with Crippen molar-refractivity contribution in [3.63, 3.8) is 0 Å². The summed E-state index contributed by atoms with van der Waals surface area (Å²) < 4.78 is 0. The summed E-state index contributed by atoms with van der Waals surface area (Å²) in [6, 6.07) is 1.29. The maximum absolute atomic E-state index is 7.87. The van der Waals surface area contributed by atoms with Crippen molar-refractivity contribution in [3.05, 3.63) is 0 Å². The van der Waals surface area contributed by atoms with E-state index >= 15 is 0 Å². The predicted molar refractivity (Wildman–Crippen MR) is 20.2 cm³/mol. The third kappa shape index (κ3) is 1.41. The van der Waals surface area contributed by atoms with E-state index in [4.69, 9.17) is 10.8 Å². The molecule has 0 aromatic heterocycles. The summed E-state index contributed by atoms with van der Waals surface area (Å²) in [6.45, 7) is 1.56. The second kappa shape index (κ2) is 2.33. The van der Waals surface area contributed by atoms with Crippen LogP contribution in [0.25, 0.3) is 0 Å². The standard InChI is InChI=1S/C3H5N3/c1-3(2-4)6-5/h3,5H,1H3. The molecule has 0 aliphatic rings. The van der Waals surface area contributed by atoms with Crippen LogP contribution < -0.4 is 0 Å². The van der Waals surface area contributed by atoms with Crippen molar-refractivity contribution in [2.45, 2.75) is 13.0 Å². The summed E-state index contributed by atoms with van der Waals surface area (Å²) in [5.74, 6) is 0. The van der Waals surface area contributed by atoms with Gasteiger partial charge in [-0.2, -0.15) is 10.4 Å². The molecule has 6 heavy (non-hydrogen) atoms. The van der Waals surface area contributed by atoms with Crippen LogP contribution in [0.3, 0.4) is 0 Å². The Bertz CT molecular complexity index is 80.5. The highest BCUT2D eigenvalue weighted by atomic mass is 15.0. The Hall–Kier alpha value is -0.910. The first-order valence-electron chi connectivity index (χ1n) is 1.57. The molecule has 1 atom stereocenters. The summed E-state index contributed by atoms with van der Waals surface area (Å²) in [4.78, 5) is 0. The molecule has 3 heteroatoms. The minimum atomic E-state index is -0.468. The van der Waals surface area contributed by atoms with Gasteiger partial charge in [0, 0.05) is 0 Å². The number of nitriles is 1. The molecule has 0 rings (SSSR count). The van der Waals surface area contributed by atoms with E-state index in [-0.39, 0.29) is 0 Å². The lowest BCUT2D eigenvalue weighted by Crippen LogP contribution is -1.86. The fourth-order valence-corrected chi connectivity index (χ4v) is 0.0289. The van der Waals surface area contributed by atoms with Gasteiger partial charge in [-0.05, 0) is 6.92 Å². The van der Waals surface area contributed by atoms with Crippen LogP contribution in [-0.4, -0.2) is 6.04 Å². The Labute approximate surface area is 36.1 Å². The Morgan fingerprint density at radius 3 is 2.50 bits per heavy atom. The Balaban J connectivity index is 3.30. The molecule has 0 aromatic carbocycles. The van der Waals surface area contributed by atoms with Crippen LogP contribution in [0.2, 0.25) is 0 Å². The van der Waals surface area contributed by atoms with Crippen LogP contribution in [0.5, 0.6) is 0 Å². The molecular formula is C3H5N3. The highest BCUT2D eigenvalue weighted by Gasteiger charge is 1.86. The van der Waals surface area contributed by atoms with Gasteiger partial charge in [0.1, 0.15) is 0 Å². The van der Waals surface area contributed by atoms with Gasteiger partial charge in [-0.3, -0.25) is 0 Å². The quantitative estimate of drug-likeness (QED) is 0.471. The fraction of sp³-hybridized carbons (Fsp3) is 0.667. The number of hydrogen-bond acceptors (Lipinski definition) is 3. The van der Waals surface area contributed by atoms with Gasteiger partial charge in [-0.25, -0.2) is 5.53 Å². The molecule has 0 fully saturated rings. The number of nitrogens with one attached hydrogen (secondary N) is 1. The molecule has 32 valence electrons. The molecule has 0 amide bonds. The minimum absolute atomic E-state index is 0.468. The maximum atomic E-state index is 7.87. The van der Waals surface area contributed by atoms with Gasteiger partial charge in [0.15, 0.2) is 6.04 Å². The van der Waals surface area contributed by atoms with Crippen LogP contribution in [-0.2, 0) is 0 Å². The molecule has 1 unspecified atom stereocenters. The van der Waals surface area contributed by atoms with Crippen LogP contribution >= 0.6 is 0 Å². The van der Waals surface area contributed by atoms with Crippen LogP contribution in [0.4, 0.5) is 0 Å². The first-order valence-corrected chi connectivity index (χ1v) is 1.57. The molecular weight excluding hydrogens is 78.1 g/mol. The van der Waals surface area contributed by atoms with Gasteiger partial charge >= 0.3 is 0 Å². The van der Waals surface area contributed by atoms with Gasteiger partial charge in [0.2, 0.25) is 0 Å². The Morgan fingerprint density at radius 1 is 2.00 bits per heavy atom. The molecule has 1 N–H and O–H groups in total. The number of nitrogens with zero attached hydrogens (tertiary/aromatic N) is 2. The van der Waals surface area contributed by atoms with E-state index < -0.39 is 6.04 Å². The third-order valence-corrected chi connectivity index (χ3v) is 0.380. The van der Waals surface area contributed by atoms with Gasteiger partial charge in [-0.1, -0.05) is 0 Å². The van der Waals surface area contributed by atoms with E-state index in [0.29, 0.717) is 0 Å². The van der Waals surface area contributed by atoms with Crippen molar-refractivity contribution < 1.29 is 0 Å². The molecule has 0 heterocycles. The lowest BCUT2D eigenvalue weighted by molar-refractivity contribution is 0.826. The average molecular weight is 83.1 g/mol. The fourth-order valence-electron chi connectivity index (χ4n) is 0.0289. The van der Waals surface area contributed by atoms with E-state index in [2.05, 4.69) is 5.11 Å². The highest BCUT2D eigenvalue weighted by molar-refractivity contribution is 4.82. The highest BCUT2D eigenvalue weighted by Crippen LogP contribution is 1.79. The lowest BCUT2D eigenvalue weighted by Gasteiger charge is -1.79. The molecule has 0 bridgehead atoms. The van der Waals surface area contributed by atoms with Crippen LogP contribution in [0.15, 0.2) is 5.11 Å². The molecule has 0 spiro atoms. The second-order valence-corrected chi connectivity index (χ2v) is 0.934. The predicted octanol–water partition coefficient (Wildman–Crippen LogP) is 0.929. The molecule has 0 saturated heterocycles. The molecule has 0 aliphatic heterocycles. The van der Waals surface area contributed by atoms with Gasteiger partial charge in [0.05, 0.1) is 6.07 Å². The zero-order valence-corrected chi connectivity index (χ0v) is 3.47. The monoisotopic (exact) mass is 83.0 g/mol. The summed E-state index contributed by atoms with van der Waals surface area (Å²) in [5, 5.41) is 10.8. The van der Waals surface area contributed by atoms with Crippen LogP contribution in [0.1, 0.15) is 6.92 Å². The summed E-state index contributed by atoms with van der Waals surface area (Å²) in [5.41, 5.74) is 6.21. The zero-order valence-electron chi connectivity index (χ0n) is 3.47. The number of hydrogen-bond donors (Lipinski definition) is 1. The van der Waals surface area contributed by atoms with E-state index in [1.165, 1.54) is 0 Å². The van der Waals surface area contributed by atoms with E-state index in [0.717, 1.165) is 0 Å². The van der Waals surface area contributed by atoms with Crippen molar-refractivity contribution in [3.8, 4) is 6.07 Å². The summed E-state index contributed by atoms with van der Waals surface area (Å²) in [7, 11) is 0. The SMILES string of the molecule is CC(C#N)N=N. The summed E-state index contributed by atoms with van der Waals surface area (Å²) in [6.07, 6.45) is 0. The molecule has 0 aromatic rings. The van der Waals surface area contributed by atoms with Crippen molar-refractivity contribution in [1.82, 2.24) is 0 Å². The zero-order chi connectivity index (χ0) is 4.99. The van der Waals surface area contributed by atoms with Gasteiger partial charge < -0.3 is 0 Å². The maximum Gasteiger partial charge on any atom is 0.154 e. The van der Waals surface area contributed by atoms with E-state index in [1.807, 2.05) is 0 Å². The van der Waals surface area contributed by atoms with E-state index in [1.54, 1.807) is 13.0 Å². The number of rotatable bonds is 1.